The number of benzene rings is 12. The predicted octanol–water partition coefficient (Wildman–Crippen LogP) is 18.8. The van der Waals surface area contributed by atoms with E-state index in [9.17, 15) is 0 Å². The highest BCUT2D eigenvalue weighted by atomic mass is 15.2. The zero-order valence-corrected chi connectivity index (χ0v) is 43.6. The molecule has 12 aromatic carbocycles. The van der Waals surface area contributed by atoms with E-state index in [0.29, 0.717) is 0 Å². The quantitative estimate of drug-likeness (QED) is 0.126. The van der Waals surface area contributed by atoms with Crippen molar-refractivity contribution in [3.63, 3.8) is 0 Å². The molecule has 0 N–H and O–H groups in total. The Kier molecular flexibility index (Phi) is 11.8. The van der Waals surface area contributed by atoms with Crippen molar-refractivity contribution in [2.75, 3.05) is 14.6 Å². The normalized spacial score (nSPS) is 12.2. The predicted molar refractivity (Wildman–Crippen MR) is 332 cm³/mol. The molecule has 4 heteroatoms. The lowest BCUT2D eigenvalue weighted by atomic mass is 9.43. The summed E-state index contributed by atoms with van der Waals surface area (Å²) in [6.45, 7) is 4.31. The summed E-state index contributed by atoms with van der Waals surface area (Å²) in [5, 5.41) is 0. The van der Waals surface area contributed by atoms with Gasteiger partial charge in [-0.15, -0.1) is 0 Å². The van der Waals surface area contributed by atoms with Gasteiger partial charge in [-0.25, -0.2) is 0 Å². The van der Waals surface area contributed by atoms with Gasteiger partial charge in [-0.05, 0) is 176 Å². The standard InChI is InChI=1S/C74H54BN3/c1-51-22-17-23-52(2)73(51)61-48-68-67-40-15-16-41-70(67)78(66-39-21-35-60(47-66)56-30-13-6-14-31-56)75-69-43-42-65(50-71(69)77(72(49-61)74(68)75)64-38-20-34-59(46-64)55-28-11-5-12-29-55)76(62-36-18-32-57(44-62)53-24-7-3-8-25-53)63-37-19-33-58(45-63)54-26-9-4-10-27-54/h3-50H,1-2H3. The van der Waals surface area contributed by atoms with Crippen molar-refractivity contribution in [1.82, 2.24) is 0 Å². The molecule has 0 saturated heterocycles. The molecule has 0 saturated carbocycles. The highest BCUT2D eigenvalue weighted by Crippen LogP contribution is 2.50. The van der Waals surface area contributed by atoms with E-state index in [1.54, 1.807) is 0 Å². The third-order valence-electron chi connectivity index (χ3n) is 15.8. The van der Waals surface area contributed by atoms with E-state index < -0.39 is 0 Å². The van der Waals surface area contributed by atoms with Crippen LogP contribution in [0.3, 0.4) is 0 Å². The van der Waals surface area contributed by atoms with Crippen molar-refractivity contribution in [3.8, 4) is 66.8 Å². The highest BCUT2D eigenvalue weighted by molar-refractivity contribution is 6.93. The summed E-state index contributed by atoms with van der Waals surface area (Å²) in [5.74, 6) is 0. The molecular weight excluding hydrogens is 942 g/mol. The SMILES string of the molecule is Cc1cccc(C)c1-c1cc2c3c(c1)N(c1cccc(-c4ccccc4)c1)c1cc(N(c4cccc(-c5ccccc5)c4)c4cccc(-c5ccccc5)c4)ccc1B3N(c1cccc(-c3ccccc3)c1)c1ccccc1-2. The van der Waals surface area contributed by atoms with Crippen molar-refractivity contribution in [1.29, 1.82) is 0 Å². The van der Waals surface area contributed by atoms with Gasteiger partial charge >= 0.3 is 6.85 Å². The van der Waals surface area contributed by atoms with Crippen LogP contribution in [0.1, 0.15) is 11.1 Å². The van der Waals surface area contributed by atoms with Crippen molar-refractivity contribution in [3.05, 3.63) is 302 Å². The van der Waals surface area contributed by atoms with Crippen molar-refractivity contribution in [2.24, 2.45) is 0 Å². The maximum Gasteiger partial charge on any atom is 0.333 e. The average Bonchev–Trinajstić information content (AvgIpc) is 3.40. The molecule has 0 fully saturated rings. The summed E-state index contributed by atoms with van der Waals surface area (Å²) in [4.78, 5) is 7.64. The maximum atomic E-state index is 2.62. The van der Waals surface area contributed by atoms with Gasteiger partial charge in [0, 0.05) is 51.1 Å². The van der Waals surface area contributed by atoms with Gasteiger partial charge in [0.1, 0.15) is 0 Å². The van der Waals surface area contributed by atoms with Crippen LogP contribution in [0, 0.1) is 13.8 Å². The number of para-hydroxylation sites is 1. The Morgan fingerprint density at radius 2 is 0.744 bits per heavy atom. The van der Waals surface area contributed by atoms with Gasteiger partial charge in [-0.2, -0.15) is 0 Å². The fourth-order valence-electron chi connectivity index (χ4n) is 12.3. The molecule has 78 heavy (non-hydrogen) atoms. The van der Waals surface area contributed by atoms with Crippen LogP contribution in [0.5, 0.6) is 0 Å². The monoisotopic (exact) mass is 995 g/mol. The zero-order valence-electron chi connectivity index (χ0n) is 43.6. The third-order valence-corrected chi connectivity index (χ3v) is 15.8. The van der Waals surface area contributed by atoms with Gasteiger partial charge in [0.15, 0.2) is 0 Å². The van der Waals surface area contributed by atoms with Crippen molar-refractivity contribution in [2.45, 2.75) is 13.8 Å². The summed E-state index contributed by atoms with van der Waals surface area (Å²) < 4.78 is 0. The van der Waals surface area contributed by atoms with Crippen molar-refractivity contribution < 1.29 is 0 Å². The molecule has 0 aliphatic carbocycles. The number of aryl methyl sites for hydroxylation is 2. The van der Waals surface area contributed by atoms with Crippen molar-refractivity contribution >= 4 is 63.3 Å². The fraction of sp³-hybridized carbons (Fsp3) is 0.0270. The second kappa shape index (κ2) is 19.7. The highest BCUT2D eigenvalue weighted by Gasteiger charge is 2.45. The van der Waals surface area contributed by atoms with E-state index in [1.165, 1.54) is 77.8 Å². The van der Waals surface area contributed by atoms with Gasteiger partial charge in [0.2, 0.25) is 0 Å². The van der Waals surface area contributed by atoms with Gasteiger partial charge in [0.05, 0.1) is 0 Å². The number of hydrogen-bond acceptors (Lipinski definition) is 3. The molecule has 0 bridgehead atoms. The van der Waals surface area contributed by atoms with Crippen LogP contribution in [0.15, 0.2) is 291 Å². The number of nitrogens with zero attached hydrogens (tertiary/aromatic N) is 3. The Morgan fingerprint density at radius 1 is 0.295 bits per heavy atom. The van der Waals surface area contributed by atoms with Gasteiger partial charge in [-0.3, -0.25) is 0 Å². The molecule has 368 valence electrons. The first kappa shape index (κ1) is 46.6. The first-order chi connectivity index (χ1) is 38.5. The first-order valence-electron chi connectivity index (χ1n) is 27.0. The lowest BCUT2D eigenvalue weighted by molar-refractivity contribution is 1.24. The molecule has 0 aromatic heterocycles. The molecule has 2 heterocycles. The molecule has 0 amide bonds. The van der Waals surface area contributed by atoms with E-state index in [-0.39, 0.29) is 6.85 Å². The van der Waals surface area contributed by atoms with Gasteiger partial charge in [-0.1, -0.05) is 212 Å². The summed E-state index contributed by atoms with van der Waals surface area (Å²) in [6.07, 6.45) is 0. The van der Waals surface area contributed by atoms with Crippen LogP contribution >= 0.6 is 0 Å². The molecule has 3 nitrogen and oxygen atoms in total. The molecular formula is C74H54BN3. The van der Waals surface area contributed by atoms with Crippen LogP contribution in [-0.2, 0) is 0 Å². The summed E-state index contributed by atoms with van der Waals surface area (Å²) >= 11 is 0. The lowest BCUT2D eigenvalue weighted by Gasteiger charge is -2.46. The molecule has 0 spiro atoms. The van der Waals surface area contributed by atoms with Crippen LogP contribution in [0.25, 0.3) is 66.8 Å². The van der Waals surface area contributed by atoms with Crippen LogP contribution in [0.2, 0.25) is 0 Å². The third kappa shape index (κ3) is 8.27. The van der Waals surface area contributed by atoms with Gasteiger partial charge in [0.25, 0.3) is 0 Å². The largest absolute Gasteiger partial charge is 0.376 e. The molecule has 0 unspecified atom stereocenters. The Morgan fingerprint density at radius 3 is 1.31 bits per heavy atom. The topological polar surface area (TPSA) is 9.72 Å². The van der Waals surface area contributed by atoms with Crippen LogP contribution < -0.4 is 25.5 Å². The summed E-state index contributed by atoms with van der Waals surface area (Å²) in [7, 11) is 0. The molecule has 12 aromatic rings. The van der Waals surface area contributed by atoms with Crippen LogP contribution in [0.4, 0.5) is 45.5 Å². The molecule has 0 atom stereocenters. The Bertz CT molecular complexity index is 4090. The second-order valence-corrected chi connectivity index (χ2v) is 20.6. The Labute approximate surface area is 458 Å². The smallest absolute Gasteiger partial charge is 0.333 e. The lowest BCUT2D eigenvalue weighted by Crippen LogP contribution is -2.61. The maximum absolute atomic E-state index is 2.62. The molecule has 0 radical (unpaired) electrons. The number of anilines is 8. The minimum Gasteiger partial charge on any atom is -0.376 e. The number of rotatable bonds is 10. The minimum absolute atomic E-state index is 0.197. The Hall–Kier alpha value is -9.90. The van der Waals surface area contributed by atoms with E-state index in [2.05, 4.69) is 320 Å². The number of fused-ring (bicyclic) bond motifs is 4. The van der Waals surface area contributed by atoms with E-state index in [0.717, 1.165) is 56.5 Å². The molecule has 14 rings (SSSR count). The van der Waals surface area contributed by atoms with Crippen LogP contribution in [-0.4, -0.2) is 6.85 Å². The fourth-order valence-corrected chi connectivity index (χ4v) is 12.3. The second-order valence-electron chi connectivity index (χ2n) is 20.6. The molecule has 2 aliphatic rings. The van der Waals surface area contributed by atoms with E-state index in [1.807, 2.05) is 0 Å². The summed E-state index contributed by atoms with van der Waals surface area (Å²) in [6, 6.07) is 107. The first-order valence-corrected chi connectivity index (χ1v) is 27.0. The van der Waals surface area contributed by atoms with E-state index in [4.69, 9.17) is 0 Å². The number of hydrogen-bond donors (Lipinski definition) is 0. The summed E-state index contributed by atoms with van der Waals surface area (Å²) in [5.41, 5.74) is 28.2. The van der Waals surface area contributed by atoms with E-state index >= 15 is 0 Å². The van der Waals surface area contributed by atoms with Gasteiger partial charge < -0.3 is 14.6 Å². The minimum atomic E-state index is -0.197. The Balaban J connectivity index is 1.07. The zero-order chi connectivity index (χ0) is 52.1. The average molecular weight is 996 g/mol. The molecule has 2 aliphatic heterocycles.